The highest BCUT2D eigenvalue weighted by atomic mass is 19.1. The van der Waals surface area contributed by atoms with E-state index in [4.69, 9.17) is 9.97 Å². The molecule has 39 heavy (non-hydrogen) atoms. The van der Waals surface area contributed by atoms with Crippen LogP contribution in [0, 0.1) is 5.82 Å². The number of hydrogen-bond donors (Lipinski definition) is 3. The number of imidazole rings is 1. The molecule has 0 saturated heterocycles. The van der Waals surface area contributed by atoms with Gasteiger partial charge in [-0.1, -0.05) is 12.1 Å². The van der Waals surface area contributed by atoms with Crippen molar-refractivity contribution < 1.29 is 9.50 Å². The van der Waals surface area contributed by atoms with E-state index in [-0.39, 0.29) is 18.0 Å². The first-order chi connectivity index (χ1) is 19.0. The van der Waals surface area contributed by atoms with Crippen LogP contribution in [0.4, 0.5) is 4.39 Å². The number of aliphatic hydroxyl groups excluding tert-OH is 1. The first-order valence-corrected chi connectivity index (χ1v) is 13.6. The van der Waals surface area contributed by atoms with E-state index in [1.807, 2.05) is 19.2 Å². The van der Waals surface area contributed by atoms with E-state index in [1.165, 1.54) is 12.1 Å². The molecular weight excluding hydrogens is 493 g/mol. The number of pyridine rings is 1. The molecule has 0 aliphatic heterocycles. The Balaban J connectivity index is 1.26. The summed E-state index contributed by atoms with van der Waals surface area (Å²) >= 11 is 0. The number of fused-ring (bicyclic) bond motifs is 1. The van der Waals surface area contributed by atoms with Crippen LogP contribution in [0.2, 0.25) is 0 Å². The SMILES string of the molecule is Cn1cnnc1-c1cc(F)ccc1-c1cc(-c2nc3cc(CN[C@@H]4CCC[C@@H]4O)ccc3[nH]2)nc(C2CC2)c1. The summed E-state index contributed by atoms with van der Waals surface area (Å²) < 4.78 is 16.2. The Kier molecular flexibility index (Phi) is 5.97. The van der Waals surface area contributed by atoms with Crippen molar-refractivity contribution in [2.24, 2.45) is 7.05 Å². The molecule has 0 bridgehead atoms. The van der Waals surface area contributed by atoms with Gasteiger partial charge < -0.3 is 20.0 Å². The molecule has 2 fully saturated rings. The molecule has 0 amide bonds. The number of aryl methyl sites for hydroxylation is 1. The maximum absolute atomic E-state index is 14.4. The zero-order valence-electron chi connectivity index (χ0n) is 21.7. The molecular formula is C30H30FN7O. The number of benzene rings is 2. The molecule has 0 radical (unpaired) electrons. The number of H-pyrrole nitrogens is 1. The minimum absolute atomic E-state index is 0.154. The van der Waals surface area contributed by atoms with Gasteiger partial charge in [-0.2, -0.15) is 0 Å². The summed E-state index contributed by atoms with van der Waals surface area (Å²) in [6, 6.07) is 15.3. The Morgan fingerprint density at radius 2 is 1.92 bits per heavy atom. The number of nitrogens with zero attached hydrogens (tertiary/aromatic N) is 5. The Bertz CT molecular complexity index is 1670. The minimum atomic E-state index is -0.321. The van der Waals surface area contributed by atoms with Crippen LogP contribution in [0.1, 0.15) is 49.3 Å². The predicted molar refractivity (Wildman–Crippen MR) is 147 cm³/mol. The van der Waals surface area contributed by atoms with Gasteiger partial charge in [0.25, 0.3) is 0 Å². The average Bonchev–Trinajstić information content (AvgIpc) is 3.35. The largest absolute Gasteiger partial charge is 0.392 e. The highest BCUT2D eigenvalue weighted by Crippen LogP contribution is 2.42. The lowest BCUT2D eigenvalue weighted by Gasteiger charge is -2.16. The molecule has 3 N–H and O–H groups in total. The first-order valence-electron chi connectivity index (χ1n) is 13.6. The normalized spacial score (nSPS) is 19.3. The molecule has 5 aromatic rings. The van der Waals surface area contributed by atoms with E-state index < -0.39 is 0 Å². The molecule has 0 unspecified atom stereocenters. The zero-order chi connectivity index (χ0) is 26.5. The van der Waals surface area contributed by atoms with Gasteiger partial charge in [-0.25, -0.2) is 14.4 Å². The van der Waals surface area contributed by atoms with E-state index in [0.717, 1.165) is 71.2 Å². The fraction of sp³-hybridized carbons (Fsp3) is 0.333. The summed E-state index contributed by atoms with van der Waals surface area (Å²) in [4.78, 5) is 13.4. The maximum atomic E-state index is 14.4. The third kappa shape index (κ3) is 4.72. The van der Waals surface area contributed by atoms with Gasteiger partial charge in [0.2, 0.25) is 0 Å². The summed E-state index contributed by atoms with van der Waals surface area (Å²) in [5.41, 5.74) is 7.22. The molecule has 8 nitrogen and oxygen atoms in total. The number of nitrogens with one attached hydrogen (secondary N) is 2. The van der Waals surface area contributed by atoms with Crippen molar-refractivity contribution in [3.63, 3.8) is 0 Å². The molecule has 198 valence electrons. The van der Waals surface area contributed by atoms with Gasteiger partial charge in [0.15, 0.2) is 11.6 Å². The molecule has 7 rings (SSSR count). The van der Waals surface area contributed by atoms with Crippen LogP contribution in [0.25, 0.3) is 45.1 Å². The molecule has 0 spiro atoms. The lowest BCUT2D eigenvalue weighted by Crippen LogP contribution is -2.34. The van der Waals surface area contributed by atoms with Gasteiger partial charge in [-0.3, -0.25) is 0 Å². The number of halogens is 1. The zero-order valence-corrected chi connectivity index (χ0v) is 21.7. The van der Waals surface area contributed by atoms with Crippen LogP contribution < -0.4 is 5.32 Å². The second-order valence-corrected chi connectivity index (χ2v) is 10.8. The summed E-state index contributed by atoms with van der Waals surface area (Å²) in [7, 11) is 1.85. The van der Waals surface area contributed by atoms with Crippen LogP contribution >= 0.6 is 0 Å². The Morgan fingerprint density at radius 3 is 2.69 bits per heavy atom. The molecule has 2 aliphatic rings. The van der Waals surface area contributed by atoms with Crippen molar-refractivity contribution in [3.8, 4) is 34.0 Å². The predicted octanol–water partition coefficient (Wildman–Crippen LogP) is 5.11. The average molecular weight is 524 g/mol. The van der Waals surface area contributed by atoms with Gasteiger partial charge in [-0.05, 0) is 85.2 Å². The third-order valence-electron chi connectivity index (χ3n) is 7.92. The van der Waals surface area contributed by atoms with Crippen molar-refractivity contribution in [1.82, 2.24) is 35.0 Å². The smallest absolute Gasteiger partial charge is 0.164 e. The van der Waals surface area contributed by atoms with Gasteiger partial charge in [0.1, 0.15) is 17.8 Å². The van der Waals surface area contributed by atoms with Crippen molar-refractivity contribution in [2.75, 3.05) is 0 Å². The van der Waals surface area contributed by atoms with Crippen LogP contribution in [0.3, 0.4) is 0 Å². The Morgan fingerprint density at radius 1 is 1.03 bits per heavy atom. The van der Waals surface area contributed by atoms with E-state index >= 15 is 0 Å². The summed E-state index contributed by atoms with van der Waals surface area (Å²) in [6.45, 7) is 0.689. The highest BCUT2D eigenvalue weighted by molar-refractivity contribution is 5.84. The summed E-state index contributed by atoms with van der Waals surface area (Å²) in [5, 5.41) is 21.9. The Hall–Kier alpha value is -3.95. The minimum Gasteiger partial charge on any atom is -0.392 e. The Labute approximate surface area is 225 Å². The molecule has 2 saturated carbocycles. The van der Waals surface area contributed by atoms with E-state index in [9.17, 15) is 9.50 Å². The quantitative estimate of drug-likeness (QED) is 0.274. The monoisotopic (exact) mass is 523 g/mol. The summed E-state index contributed by atoms with van der Waals surface area (Å²) in [6.07, 6.45) is 6.52. The van der Waals surface area contributed by atoms with Crippen molar-refractivity contribution >= 4 is 11.0 Å². The molecule has 2 atom stereocenters. The number of aromatic amines is 1. The standard InChI is InChI=1S/C30H30FN7O/c1-38-16-33-37-30(38)22-14-20(31)8-9-21(22)19-12-25(18-6-7-18)34-27(13-19)29-35-23-10-5-17(11-26(23)36-29)15-32-24-3-2-4-28(24)39/h5,8-14,16,18,24,28,32,39H,2-4,6-7,15H2,1H3,(H,35,36)/t24-,28+/m1/s1. The number of aliphatic hydroxyl groups is 1. The third-order valence-corrected chi connectivity index (χ3v) is 7.92. The lowest BCUT2D eigenvalue weighted by atomic mass is 9.97. The van der Waals surface area contributed by atoms with Crippen molar-refractivity contribution in [1.29, 1.82) is 0 Å². The topological polar surface area (TPSA) is 105 Å². The molecule has 3 heterocycles. The van der Waals surface area contributed by atoms with Crippen LogP contribution in [-0.2, 0) is 13.6 Å². The van der Waals surface area contributed by atoms with Gasteiger partial charge >= 0.3 is 0 Å². The van der Waals surface area contributed by atoms with Crippen LogP contribution in [-0.4, -0.2) is 47.0 Å². The van der Waals surface area contributed by atoms with E-state index in [1.54, 1.807) is 17.0 Å². The second kappa shape index (κ2) is 9.66. The van der Waals surface area contributed by atoms with Crippen molar-refractivity contribution in [3.05, 3.63) is 71.9 Å². The second-order valence-electron chi connectivity index (χ2n) is 10.8. The van der Waals surface area contributed by atoms with Crippen LogP contribution in [0.5, 0.6) is 0 Å². The van der Waals surface area contributed by atoms with Gasteiger partial charge in [-0.15, -0.1) is 10.2 Å². The van der Waals surface area contributed by atoms with Crippen molar-refractivity contribution in [2.45, 2.75) is 56.7 Å². The first kappa shape index (κ1) is 24.1. The molecule has 2 aromatic carbocycles. The fourth-order valence-corrected chi connectivity index (χ4v) is 5.61. The highest BCUT2D eigenvalue weighted by Gasteiger charge is 2.27. The maximum Gasteiger partial charge on any atom is 0.164 e. The molecule has 9 heteroatoms. The van der Waals surface area contributed by atoms with E-state index in [0.29, 0.717) is 29.7 Å². The van der Waals surface area contributed by atoms with Gasteiger partial charge in [0.05, 0.1) is 17.1 Å². The molecule has 2 aliphatic carbocycles. The number of hydrogen-bond acceptors (Lipinski definition) is 6. The fourth-order valence-electron chi connectivity index (χ4n) is 5.61. The van der Waals surface area contributed by atoms with E-state index in [2.05, 4.69) is 38.7 Å². The summed E-state index contributed by atoms with van der Waals surface area (Å²) in [5.74, 6) is 1.41. The number of aromatic nitrogens is 6. The number of rotatable bonds is 7. The van der Waals surface area contributed by atoms with Gasteiger partial charge in [0, 0.05) is 36.8 Å². The van der Waals surface area contributed by atoms with Crippen LogP contribution in [0.15, 0.2) is 54.9 Å². The lowest BCUT2D eigenvalue weighted by molar-refractivity contribution is 0.148. The molecule has 3 aromatic heterocycles.